The number of likely N-dealkylation sites (tertiary alicyclic amines) is 1. The highest BCUT2D eigenvalue weighted by atomic mass is 16.5. The van der Waals surface area contributed by atoms with E-state index < -0.39 is 5.41 Å². The lowest BCUT2D eigenvalue weighted by Gasteiger charge is -2.39. The number of nitrogens with zero attached hydrogens (tertiary/aromatic N) is 2. The molecule has 0 spiro atoms. The van der Waals surface area contributed by atoms with Crippen LogP contribution >= 0.6 is 0 Å². The van der Waals surface area contributed by atoms with Crippen LogP contribution in [0, 0.1) is 12.3 Å². The van der Waals surface area contributed by atoms with Crippen molar-refractivity contribution in [3.8, 4) is 0 Å². The molecule has 0 aliphatic carbocycles. The lowest BCUT2D eigenvalue weighted by Crippen LogP contribution is -2.45. The SMILES string of the molecule is CCOC(=O)C1(CCCn2c(=O)ccc3ccc(C)cc32)CCN(C/C=C/c2ccccc2)CC1. The molecule has 0 amide bonds. The monoisotopic (exact) mass is 472 g/mol. The summed E-state index contributed by atoms with van der Waals surface area (Å²) < 4.78 is 7.38. The van der Waals surface area contributed by atoms with E-state index in [1.165, 1.54) is 5.56 Å². The van der Waals surface area contributed by atoms with Gasteiger partial charge in [-0.1, -0.05) is 54.6 Å². The molecule has 3 aromatic rings. The molecule has 184 valence electrons. The standard InChI is InChI=1S/C30H36N2O3/c1-3-35-29(34)30(17-21-31(22-18-30)19-7-11-25-9-5-4-6-10-25)16-8-20-32-27-23-24(2)12-13-26(27)14-15-28(32)33/h4-7,9-15,23H,3,8,16-22H2,1-2H3/b11-7+. The number of carbonyl (C=O) groups is 1. The summed E-state index contributed by atoms with van der Waals surface area (Å²) in [7, 11) is 0. The second-order valence-electron chi connectivity index (χ2n) is 9.60. The van der Waals surface area contributed by atoms with Gasteiger partial charge in [-0.05, 0) is 81.3 Å². The highest BCUT2D eigenvalue weighted by molar-refractivity contribution is 5.79. The molecular weight excluding hydrogens is 436 g/mol. The Morgan fingerprint density at radius 2 is 1.80 bits per heavy atom. The number of fused-ring (bicyclic) bond motifs is 1. The third-order valence-electron chi connectivity index (χ3n) is 7.18. The lowest BCUT2D eigenvalue weighted by atomic mass is 9.74. The quantitative estimate of drug-likeness (QED) is 0.389. The summed E-state index contributed by atoms with van der Waals surface area (Å²) in [4.78, 5) is 28.1. The maximum atomic E-state index is 13.1. The van der Waals surface area contributed by atoms with Gasteiger partial charge in [-0.3, -0.25) is 14.5 Å². The maximum absolute atomic E-state index is 13.1. The van der Waals surface area contributed by atoms with Gasteiger partial charge in [0.25, 0.3) is 5.56 Å². The number of hydrogen-bond acceptors (Lipinski definition) is 4. The van der Waals surface area contributed by atoms with Gasteiger partial charge in [0, 0.05) is 19.2 Å². The van der Waals surface area contributed by atoms with E-state index in [2.05, 4.69) is 47.4 Å². The van der Waals surface area contributed by atoms with Gasteiger partial charge >= 0.3 is 5.97 Å². The van der Waals surface area contributed by atoms with E-state index in [4.69, 9.17) is 4.74 Å². The third-order valence-corrected chi connectivity index (χ3v) is 7.18. The number of esters is 1. The van der Waals surface area contributed by atoms with E-state index in [0.29, 0.717) is 13.2 Å². The first-order valence-electron chi connectivity index (χ1n) is 12.7. The highest BCUT2D eigenvalue weighted by Gasteiger charge is 2.41. The molecule has 0 atom stereocenters. The zero-order valence-electron chi connectivity index (χ0n) is 20.9. The van der Waals surface area contributed by atoms with E-state index in [0.717, 1.165) is 61.8 Å². The molecule has 0 unspecified atom stereocenters. The van der Waals surface area contributed by atoms with Gasteiger partial charge in [-0.2, -0.15) is 0 Å². The number of aryl methyl sites for hydroxylation is 2. The molecule has 0 bridgehead atoms. The summed E-state index contributed by atoms with van der Waals surface area (Å²) in [6.07, 6.45) is 7.41. The molecule has 1 aliphatic heterocycles. The van der Waals surface area contributed by atoms with Crippen LogP contribution in [-0.2, 0) is 16.1 Å². The van der Waals surface area contributed by atoms with Gasteiger partial charge in [0.2, 0.25) is 0 Å². The Hall–Kier alpha value is -3.18. The molecule has 4 rings (SSSR count). The Bertz CT molecular complexity index is 1220. The third kappa shape index (κ3) is 6.09. The van der Waals surface area contributed by atoms with Crippen LogP contribution < -0.4 is 5.56 Å². The molecule has 5 nitrogen and oxygen atoms in total. The van der Waals surface area contributed by atoms with Crippen molar-refractivity contribution in [2.24, 2.45) is 5.41 Å². The van der Waals surface area contributed by atoms with Crippen molar-refractivity contribution in [3.63, 3.8) is 0 Å². The van der Waals surface area contributed by atoms with Crippen LogP contribution in [-0.4, -0.2) is 41.7 Å². The van der Waals surface area contributed by atoms with Gasteiger partial charge in [0.05, 0.1) is 17.5 Å². The zero-order valence-corrected chi connectivity index (χ0v) is 20.9. The first kappa shape index (κ1) is 24.9. The minimum Gasteiger partial charge on any atom is -0.466 e. The van der Waals surface area contributed by atoms with Crippen LogP contribution in [0.25, 0.3) is 17.0 Å². The van der Waals surface area contributed by atoms with E-state index in [-0.39, 0.29) is 11.5 Å². The van der Waals surface area contributed by atoms with Crippen molar-refractivity contribution in [1.29, 1.82) is 0 Å². The van der Waals surface area contributed by atoms with Crippen LogP contribution in [0.5, 0.6) is 0 Å². The fraction of sp³-hybridized carbons (Fsp3) is 0.400. The summed E-state index contributed by atoms with van der Waals surface area (Å²) in [6, 6.07) is 20.0. The predicted molar refractivity (Wildman–Crippen MR) is 142 cm³/mol. The number of pyridine rings is 1. The number of rotatable bonds is 9. The molecule has 2 aromatic carbocycles. The Kier molecular flexibility index (Phi) is 8.19. The zero-order chi connectivity index (χ0) is 24.7. The molecule has 1 saturated heterocycles. The van der Waals surface area contributed by atoms with Crippen LogP contribution in [0.4, 0.5) is 0 Å². The molecule has 35 heavy (non-hydrogen) atoms. The number of benzene rings is 2. The number of aromatic nitrogens is 1. The molecule has 5 heteroatoms. The first-order valence-corrected chi connectivity index (χ1v) is 12.7. The highest BCUT2D eigenvalue weighted by Crippen LogP contribution is 2.38. The Morgan fingerprint density at radius 3 is 2.54 bits per heavy atom. The predicted octanol–water partition coefficient (Wildman–Crippen LogP) is 5.45. The summed E-state index contributed by atoms with van der Waals surface area (Å²) in [5, 5.41) is 1.06. The minimum absolute atomic E-state index is 0.00769. The molecular formula is C30H36N2O3. The Morgan fingerprint density at radius 1 is 1.06 bits per heavy atom. The Balaban J connectivity index is 1.40. The molecule has 2 heterocycles. The smallest absolute Gasteiger partial charge is 0.312 e. The fourth-order valence-corrected chi connectivity index (χ4v) is 5.11. The van der Waals surface area contributed by atoms with Crippen LogP contribution in [0.1, 0.15) is 43.7 Å². The van der Waals surface area contributed by atoms with Crippen molar-refractivity contribution in [1.82, 2.24) is 9.47 Å². The van der Waals surface area contributed by atoms with E-state index in [1.54, 1.807) is 6.07 Å². The number of carbonyl (C=O) groups excluding carboxylic acids is 1. The lowest BCUT2D eigenvalue weighted by molar-refractivity contribution is -0.159. The molecule has 1 aromatic heterocycles. The van der Waals surface area contributed by atoms with Crippen molar-refractivity contribution in [2.75, 3.05) is 26.2 Å². The van der Waals surface area contributed by atoms with Crippen molar-refractivity contribution in [2.45, 2.75) is 46.1 Å². The topological polar surface area (TPSA) is 51.5 Å². The second kappa shape index (κ2) is 11.5. The van der Waals surface area contributed by atoms with E-state index >= 15 is 0 Å². The van der Waals surface area contributed by atoms with Crippen molar-refractivity contribution < 1.29 is 9.53 Å². The van der Waals surface area contributed by atoms with Gasteiger partial charge in [0.1, 0.15) is 0 Å². The van der Waals surface area contributed by atoms with E-state index in [1.807, 2.05) is 42.7 Å². The molecule has 1 aliphatic rings. The minimum atomic E-state index is -0.472. The van der Waals surface area contributed by atoms with Crippen molar-refractivity contribution in [3.05, 3.63) is 88.2 Å². The number of hydrogen-bond donors (Lipinski definition) is 0. The van der Waals surface area contributed by atoms with Crippen LogP contribution in [0.2, 0.25) is 0 Å². The summed E-state index contributed by atoms with van der Waals surface area (Å²) in [5.74, 6) is -0.0828. The number of piperidine rings is 1. The van der Waals surface area contributed by atoms with Crippen LogP contribution in [0.3, 0.4) is 0 Å². The molecule has 0 saturated carbocycles. The van der Waals surface area contributed by atoms with Gasteiger partial charge < -0.3 is 9.30 Å². The summed E-state index contributed by atoms with van der Waals surface area (Å²) in [6.45, 7) is 7.51. The molecule has 0 radical (unpaired) electrons. The van der Waals surface area contributed by atoms with Gasteiger partial charge in [0.15, 0.2) is 0 Å². The largest absolute Gasteiger partial charge is 0.466 e. The number of ether oxygens (including phenoxy) is 1. The second-order valence-corrected chi connectivity index (χ2v) is 9.60. The maximum Gasteiger partial charge on any atom is 0.312 e. The summed E-state index contributed by atoms with van der Waals surface area (Å²) in [5.41, 5.74) is 2.83. The van der Waals surface area contributed by atoms with Gasteiger partial charge in [-0.15, -0.1) is 0 Å². The van der Waals surface area contributed by atoms with Gasteiger partial charge in [-0.25, -0.2) is 0 Å². The molecule has 0 N–H and O–H groups in total. The van der Waals surface area contributed by atoms with Crippen LogP contribution in [0.15, 0.2) is 71.5 Å². The normalized spacial score (nSPS) is 16.1. The Labute approximate surface area is 208 Å². The first-order chi connectivity index (χ1) is 17.0. The van der Waals surface area contributed by atoms with E-state index in [9.17, 15) is 9.59 Å². The molecule has 1 fully saturated rings. The average molecular weight is 473 g/mol. The fourth-order valence-electron chi connectivity index (χ4n) is 5.11. The average Bonchev–Trinajstić information content (AvgIpc) is 2.87. The van der Waals surface area contributed by atoms with Crippen molar-refractivity contribution >= 4 is 22.9 Å². The summed E-state index contributed by atoms with van der Waals surface area (Å²) >= 11 is 0.